The number of hydrogen-bond acceptors (Lipinski definition) is 0. The van der Waals surface area contributed by atoms with E-state index in [2.05, 4.69) is 89.6 Å². The molecule has 2 aromatic carbocycles. The van der Waals surface area contributed by atoms with Crippen molar-refractivity contribution in [3.8, 4) is 11.3 Å². The van der Waals surface area contributed by atoms with Gasteiger partial charge in [-0.2, -0.15) is 4.57 Å². The molecule has 0 aliphatic heterocycles. The third kappa shape index (κ3) is 3.67. The summed E-state index contributed by atoms with van der Waals surface area (Å²) < 4.78 is 10.9. The molecule has 0 bridgehead atoms. The van der Waals surface area contributed by atoms with E-state index in [-0.39, 0.29) is 5.41 Å². The Balaban J connectivity index is 2.33. The van der Waals surface area contributed by atoms with Crippen molar-refractivity contribution in [1.29, 1.82) is 0 Å². The van der Waals surface area contributed by atoms with Crippen LogP contribution in [0.15, 0.2) is 42.4 Å². The Morgan fingerprint density at radius 3 is 2.35 bits per heavy atom. The van der Waals surface area contributed by atoms with E-state index in [9.17, 15) is 0 Å². The first-order valence-electron chi connectivity index (χ1n) is 10.1. The van der Waals surface area contributed by atoms with Gasteiger partial charge in [0.15, 0.2) is 5.69 Å². The third-order valence-electron chi connectivity index (χ3n) is 5.19. The Morgan fingerprint density at radius 1 is 1.00 bits per heavy atom. The Morgan fingerprint density at radius 2 is 1.69 bits per heavy atom. The normalized spacial score (nSPS) is 12.5. The molecule has 0 amide bonds. The molecule has 0 spiro atoms. The number of nitrogens with zero attached hydrogens (tertiary/aromatic N) is 1. The minimum atomic E-state index is 0.235. The maximum Gasteiger partial charge on any atom is 0.220 e. The number of rotatable bonds is 3. The minimum Gasteiger partial charge on any atom is -0.198 e. The molecule has 0 saturated carbocycles. The molecule has 136 valence electrons. The molecule has 0 atom stereocenters. The van der Waals surface area contributed by atoms with Crippen LogP contribution >= 0.6 is 0 Å². The molecule has 1 nitrogen and oxygen atoms in total. The Bertz CT molecular complexity index is 1010. The van der Waals surface area contributed by atoms with Crippen molar-refractivity contribution >= 4 is 10.8 Å². The maximum absolute atomic E-state index is 8.73. The topological polar surface area (TPSA) is 3.88 Å². The largest absolute Gasteiger partial charge is 0.220 e. The van der Waals surface area contributed by atoms with Gasteiger partial charge in [0.25, 0.3) is 0 Å². The summed E-state index contributed by atoms with van der Waals surface area (Å²) in [5, 5.41) is 2.23. The Hall–Kier alpha value is -2.15. The lowest BCUT2D eigenvalue weighted by Gasteiger charge is -2.18. The van der Waals surface area contributed by atoms with Crippen molar-refractivity contribution in [1.82, 2.24) is 0 Å². The highest BCUT2D eigenvalue weighted by Crippen LogP contribution is 2.31. The first kappa shape index (κ1) is 17.3. The Kier molecular flexibility index (Phi) is 4.56. The number of benzene rings is 2. The van der Waals surface area contributed by atoms with Gasteiger partial charge in [0.05, 0.1) is 6.76 Å². The molecular formula is C25H32N+. The van der Waals surface area contributed by atoms with Crippen LogP contribution in [-0.4, -0.2) is 0 Å². The van der Waals surface area contributed by atoms with Gasteiger partial charge in [-0.15, -0.1) is 0 Å². The summed E-state index contributed by atoms with van der Waals surface area (Å²) in [6.07, 6.45) is 2.04. The van der Waals surface area contributed by atoms with Crippen LogP contribution in [0.25, 0.3) is 22.0 Å². The zero-order valence-electron chi connectivity index (χ0n) is 18.3. The van der Waals surface area contributed by atoms with Crippen molar-refractivity contribution in [3.05, 3.63) is 64.8 Å². The average Bonchev–Trinajstić information content (AvgIpc) is 2.60. The number of aromatic nitrogens is 1. The molecule has 0 radical (unpaired) electrons. The maximum atomic E-state index is 8.73. The summed E-state index contributed by atoms with van der Waals surface area (Å²) in [5.41, 5.74) is 7.66. The van der Waals surface area contributed by atoms with E-state index >= 15 is 0 Å². The highest BCUT2D eigenvalue weighted by molar-refractivity contribution is 5.94. The van der Waals surface area contributed by atoms with Crippen LogP contribution in [0.3, 0.4) is 0 Å². The molecular weight excluding hydrogens is 314 g/mol. The van der Waals surface area contributed by atoms with Gasteiger partial charge in [0.2, 0.25) is 5.69 Å². The molecule has 3 aromatic rings. The number of fused-ring (bicyclic) bond motifs is 1. The van der Waals surface area contributed by atoms with E-state index in [0.29, 0.717) is 6.04 Å². The van der Waals surface area contributed by atoms with Crippen LogP contribution in [0.4, 0.5) is 0 Å². The molecule has 0 unspecified atom stereocenters. The summed E-state index contributed by atoms with van der Waals surface area (Å²) >= 11 is 0. The molecule has 1 aromatic heterocycles. The summed E-state index contributed by atoms with van der Waals surface area (Å²) in [5.74, 6) is 0. The monoisotopic (exact) mass is 347 g/mol. The van der Waals surface area contributed by atoms with Gasteiger partial charge < -0.3 is 0 Å². The number of hydrogen-bond donors (Lipinski definition) is 0. The van der Waals surface area contributed by atoms with Crippen LogP contribution in [0, 0.1) is 19.3 Å². The van der Waals surface area contributed by atoms with Gasteiger partial charge in [0, 0.05) is 18.5 Å². The molecule has 1 heteroatoms. The quantitative estimate of drug-likeness (QED) is 0.504. The summed E-state index contributed by atoms with van der Waals surface area (Å²) in [7, 11) is 2.09. The summed E-state index contributed by atoms with van der Waals surface area (Å²) in [4.78, 5) is 0. The van der Waals surface area contributed by atoms with Crippen molar-refractivity contribution in [2.45, 2.75) is 54.4 Å². The van der Waals surface area contributed by atoms with Crippen LogP contribution < -0.4 is 4.57 Å². The molecule has 0 aliphatic carbocycles. The van der Waals surface area contributed by atoms with Gasteiger partial charge in [-0.1, -0.05) is 52.0 Å². The minimum absolute atomic E-state index is 0.235. The SMILES string of the molecule is [2H]c1c(C)[n+](C)c(-c2cc(CC)ccc2C)c2ccc(CC(C)(C)C)cc12. The first-order valence-corrected chi connectivity index (χ1v) is 9.64. The first-order chi connectivity index (χ1) is 12.6. The van der Waals surface area contributed by atoms with Crippen LogP contribution in [0.5, 0.6) is 0 Å². The van der Waals surface area contributed by atoms with E-state index in [1.807, 2.05) is 0 Å². The van der Waals surface area contributed by atoms with Crippen molar-refractivity contribution in [3.63, 3.8) is 0 Å². The van der Waals surface area contributed by atoms with E-state index in [1.165, 1.54) is 33.3 Å². The predicted molar refractivity (Wildman–Crippen MR) is 113 cm³/mol. The van der Waals surface area contributed by atoms with Crippen LogP contribution in [0.1, 0.15) is 51.4 Å². The second kappa shape index (κ2) is 6.87. The van der Waals surface area contributed by atoms with Gasteiger partial charge in [-0.3, -0.25) is 0 Å². The lowest BCUT2D eigenvalue weighted by Crippen LogP contribution is -2.35. The second-order valence-corrected chi connectivity index (χ2v) is 8.74. The molecule has 0 aliphatic rings. The van der Waals surface area contributed by atoms with Crippen molar-refractivity contribution < 1.29 is 5.94 Å². The van der Waals surface area contributed by atoms with Gasteiger partial charge >= 0.3 is 0 Å². The van der Waals surface area contributed by atoms with Gasteiger partial charge in [0.1, 0.15) is 7.05 Å². The lowest BCUT2D eigenvalue weighted by molar-refractivity contribution is -0.665. The third-order valence-corrected chi connectivity index (χ3v) is 5.19. The molecule has 1 heterocycles. The van der Waals surface area contributed by atoms with E-state index in [0.717, 1.165) is 23.9 Å². The van der Waals surface area contributed by atoms with Gasteiger partial charge in [-0.25, -0.2) is 0 Å². The standard InChI is InChI=1S/C25H32N/c1-8-19-10-9-17(2)23(15-19)24-22-12-11-20(16-25(4,5)6)14-21(22)13-18(3)26(24)7/h9-15H,8,16H2,1-7H3/q+1/i13D. The molecule has 26 heavy (non-hydrogen) atoms. The number of pyridine rings is 1. The van der Waals surface area contributed by atoms with Crippen LogP contribution in [-0.2, 0) is 19.9 Å². The average molecular weight is 348 g/mol. The zero-order chi connectivity index (χ0) is 19.9. The molecule has 0 saturated heterocycles. The zero-order valence-corrected chi connectivity index (χ0v) is 17.3. The molecule has 3 rings (SSSR count). The van der Waals surface area contributed by atoms with E-state index < -0.39 is 0 Å². The smallest absolute Gasteiger partial charge is 0.198 e. The Labute approximate surface area is 160 Å². The highest BCUT2D eigenvalue weighted by Gasteiger charge is 2.21. The fraction of sp³-hybridized carbons (Fsp3) is 0.400. The lowest BCUT2D eigenvalue weighted by atomic mass is 9.87. The number of aryl methyl sites for hydroxylation is 2. The highest BCUT2D eigenvalue weighted by atomic mass is 14.9. The fourth-order valence-corrected chi connectivity index (χ4v) is 3.72. The summed E-state index contributed by atoms with van der Waals surface area (Å²) in [6, 6.07) is 14.1. The molecule has 0 N–H and O–H groups in total. The summed E-state index contributed by atoms with van der Waals surface area (Å²) in [6.45, 7) is 13.2. The van der Waals surface area contributed by atoms with Gasteiger partial charge in [-0.05, 0) is 59.4 Å². The fourth-order valence-electron chi connectivity index (χ4n) is 3.72. The van der Waals surface area contributed by atoms with Crippen LogP contribution in [0.2, 0.25) is 0 Å². The second-order valence-electron chi connectivity index (χ2n) is 8.74. The van der Waals surface area contributed by atoms with E-state index in [4.69, 9.17) is 1.37 Å². The molecule has 0 fully saturated rings. The van der Waals surface area contributed by atoms with E-state index in [1.54, 1.807) is 0 Å². The predicted octanol–water partition coefficient (Wildman–Crippen LogP) is 6.10. The van der Waals surface area contributed by atoms with Crippen molar-refractivity contribution in [2.24, 2.45) is 12.5 Å². The van der Waals surface area contributed by atoms with Crippen molar-refractivity contribution in [2.75, 3.05) is 0 Å².